The van der Waals surface area contributed by atoms with Crippen LogP contribution in [0.15, 0.2) is 54.2 Å². The molecule has 2 aromatic rings. The molecule has 0 saturated heterocycles. The predicted molar refractivity (Wildman–Crippen MR) is 106 cm³/mol. The van der Waals surface area contributed by atoms with Crippen molar-refractivity contribution in [1.82, 2.24) is 4.90 Å². The summed E-state index contributed by atoms with van der Waals surface area (Å²) in [5.41, 5.74) is 2.63. The smallest absolute Gasteiger partial charge is 0.278 e. The summed E-state index contributed by atoms with van der Waals surface area (Å²) in [6.45, 7) is 6.13. The van der Waals surface area contributed by atoms with Crippen molar-refractivity contribution in [1.29, 1.82) is 0 Å². The molecule has 0 saturated carbocycles. The van der Waals surface area contributed by atoms with E-state index in [1.165, 1.54) is 29.2 Å². The zero-order valence-corrected chi connectivity index (χ0v) is 16.2. The third kappa shape index (κ3) is 4.28. The first-order valence-corrected chi connectivity index (χ1v) is 9.18. The topological polar surface area (TPSA) is 58.6 Å². The van der Waals surface area contributed by atoms with Crippen LogP contribution in [0.3, 0.4) is 0 Å². The average molecular weight is 382 g/mol. The van der Waals surface area contributed by atoms with E-state index in [1.807, 2.05) is 45.0 Å². The Balaban J connectivity index is 1.96. The number of benzene rings is 2. The Hall–Kier alpha value is -2.99. The zero-order valence-electron chi connectivity index (χ0n) is 16.2. The monoisotopic (exact) mass is 382 g/mol. The normalized spacial score (nSPS) is 14.4. The molecule has 3 rings (SSSR count). The first-order chi connectivity index (χ1) is 13.4. The van der Waals surface area contributed by atoms with Gasteiger partial charge in [0, 0.05) is 5.69 Å². The number of halogens is 1. The van der Waals surface area contributed by atoms with Crippen molar-refractivity contribution in [2.75, 3.05) is 18.5 Å². The van der Waals surface area contributed by atoms with Gasteiger partial charge in [0.2, 0.25) is 0 Å². The third-order valence-electron chi connectivity index (χ3n) is 4.35. The van der Waals surface area contributed by atoms with Crippen LogP contribution in [0, 0.1) is 12.7 Å². The molecule has 1 heterocycles. The van der Waals surface area contributed by atoms with E-state index in [4.69, 9.17) is 4.74 Å². The highest BCUT2D eigenvalue weighted by atomic mass is 19.1. The molecular weight excluding hydrogens is 359 g/mol. The van der Waals surface area contributed by atoms with Crippen molar-refractivity contribution in [3.63, 3.8) is 0 Å². The zero-order chi connectivity index (χ0) is 20.3. The maximum Gasteiger partial charge on any atom is 0.278 e. The van der Waals surface area contributed by atoms with Gasteiger partial charge >= 0.3 is 0 Å². The predicted octanol–water partition coefficient (Wildman–Crippen LogP) is 3.75. The van der Waals surface area contributed by atoms with E-state index >= 15 is 0 Å². The second-order valence-corrected chi connectivity index (χ2v) is 6.93. The van der Waals surface area contributed by atoms with E-state index in [2.05, 4.69) is 5.32 Å². The second-order valence-electron chi connectivity index (χ2n) is 6.93. The Bertz CT molecular complexity index is 920. The fourth-order valence-corrected chi connectivity index (χ4v) is 3.03. The summed E-state index contributed by atoms with van der Waals surface area (Å²) < 4.78 is 18.8. The van der Waals surface area contributed by atoms with E-state index in [9.17, 15) is 14.0 Å². The average Bonchev–Trinajstić information content (AvgIpc) is 2.87. The van der Waals surface area contributed by atoms with Crippen molar-refractivity contribution >= 4 is 23.1 Å². The largest absolute Gasteiger partial charge is 0.377 e. The van der Waals surface area contributed by atoms with Crippen molar-refractivity contribution in [2.45, 2.75) is 26.9 Å². The number of carbonyl (C=O) groups is 2. The Morgan fingerprint density at radius 2 is 1.79 bits per heavy atom. The summed E-state index contributed by atoms with van der Waals surface area (Å²) in [5, 5.41) is 3.09. The van der Waals surface area contributed by atoms with Crippen LogP contribution in [0.5, 0.6) is 0 Å². The Morgan fingerprint density at radius 1 is 1.07 bits per heavy atom. The quantitative estimate of drug-likeness (QED) is 0.741. The summed E-state index contributed by atoms with van der Waals surface area (Å²) in [7, 11) is 0. The van der Waals surface area contributed by atoms with Crippen molar-refractivity contribution in [3.05, 3.63) is 71.2 Å². The van der Waals surface area contributed by atoms with E-state index in [0.717, 1.165) is 5.56 Å². The van der Waals surface area contributed by atoms with Gasteiger partial charge in [0.15, 0.2) is 0 Å². The molecule has 0 radical (unpaired) electrons. The molecule has 0 fully saturated rings. The van der Waals surface area contributed by atoms with Crippen LogP contribution in [0.4, 0.5) is 10.1 Å². The molecule has 2 amide bonds. The number of carbonyl (C=O) groups excluding carboxylic acids is 2. The molecule has 28 heavy (non-hydrogen) atoms. The lowest BCUT2D eigenvalue weighted by Crippen LogP contribution is -2.35. The highest BCUT2D eigenvalue weighted by Crippen LogP contribution is 2.30. The summed E-state index contributed by atoms with van der Waals surface area (Å²) in [5.74, 6) is -1.24. The summed E-state index contributed by atoms with van der Waals surface area (Å²) in [6.07, 6.45) is 0.00206. The molecule has 2 aromatic carbocycles. The number of nitrogens with one attached hydrogen (secondary N) is 1. The Morgan fingerprint density at radius 3 is 2.43 bits per heavy atom. The van der Waals surface area contributed by atoms with Gasteiger partial charge in [-0.3, -0.25) is 14.5 Å². The molecule has 1 N–H and O–H groups in total. The van der Waals surface area contributed by atoms with E-state index in [1.54, 1.807) is 0 Å². The highest BCUT2D eigenvalue weighted by molar-refractivity contribution is 6.36. The summed E-state index contributed by atoms with van der Waals surface area (Å²) in [6, 6.07) is 13.1. The highest BCUT2D eigenvalue weighted by Gasteiger charge is 2.39. The maximum absolute atomic E-state index is 13.3. The minimum absolute atomic E-state index is 0.00206. The SMILES string of the molecule is Cc1cccc(NC2=C(c3ccc(F)cc3)C(=O)N(CCOC(C)C)C2=O)c1. The number of hydrogen-bond donors (Lipinski definition) is 1. The molecule has 1 aliphatic rings. The maximum atomic E-state index is 13.3. The van der Waals surface area contributed by atoms with Gasteiger partial charge in [-0.05, 0) is 56.2 Å². The van der Waals surface area contributed by atoms with Gasteiger partial charge in [0.25, 0.3) is 11.8 Å². The third-order valence-corrected chi connectivity index (χ3v) is 4.35. The number of amides is 2. The molecule has 0 spiro atoms. The molecule has 1 aliphatic heterocycles. The van der Waals surface area contributed by atoms with Gasteiger partial charge in [-0.15, -0.1) is 0 Å². The van der Waals surface area contributed by atoms with Crippen LogP contribution in [-0.2, 0) is 14.3 Å². The molecular formula is C22H23FN2O3. The summed E-state index contributed by atoms with van der Waals surface area (Å²) >= 11 is 0. The van der Waals surface area contributed by atoms with Gasteiger partial charge in [-0.2, -0.15) is 0 Å². The molecule has 0 atom stereocenters. The number of aryl methyl sites for hydroxylation is 1. The molecule has 0 aliphatic carbocycles. The van der Waals surface area contributed by atoms with Crippen LogP contribution >= 0.6 is 0 Å². The second kappa shape index (κ2) is 8.35. The molecule has 5 nitrogen and oxygen atoms in total. The van der Waals surface area contributed by atoms with Gasteiger partial charge in [0.1, 0.15) is 11.5 Å². The Labute approximate surface area is 163 Å². The van der Waals surface area contributed by atoms with Crippen molar-refractivity contribution in [2.24, 2.45) is 0 Å². The molecule has 6 heteroatoms. The number of imide groups is 1. The van der Waals surface area contributed by atoms with Crippen LogP contribution < -0.4 is 5.32 Å². The minimum atomic E-state index is -0.418. The van der Waals surface area contributed by atoms with Crippen molar-refractivity contribution in [3.8, 4) is 0 Å². The lowest BCUT2D eigenvalue weighted by Gasteiger charge is -2.16. The first-order valence-electron chi connectivity index (χ1n) is 9.18. The van der Waals surface area contributed by atoms with Crippen LogP contribution in [0.25, 0.3) is 5.57 Å². The number of nitrogens with zero attached hydrogens (tertiary/aromatic N) is 1. The van der Waals surface area contributed by atoms with Crippen LogP contribution in [0.1, 0.15) is 25.0 Å². The number of rotatable bonds is 7. The molecule has 0 aromatic heterocycles. The van der Waals surface area contributed by atoms with E-state index < -0.39 is 17.6 Å². The standard InChI is InChI=1S/C22H23FN2O3/c1-14(2)28-12-11-25-21(26)19(16-7-9-17(23)10-8-16)20(22(25)27)24-18-6-4-5-15(3)13-18/h4-10,13-14,24H,11-12H2,1-3H3. The van der Waals surface area contributed by atoms with E-state index in [0.29, 0.717) is 11.3 Å². The fourth-order valence-electron chi connectivity index (χ4n) is 3.03. The number of anilines is 1. The Kier molecular flexibility index (Phi) is 5.90. The molecule has 0 bridgehead atoms. The lowest BCUT2D eigenvalue weighted by atomic mass is 10.0. The number of ether oxygens (including phenoxy) is 1. The van der Waals surface area contributed by atoms with Crippen LogP contribution in [-0.4, -0.2) is 36.0 Å². The fraction of sp³-hybridized carbons (Fsp3) is 0.273. The molecule has 146 valence electrons. The number of hydrogen-bond acceptors (Lipinski definition) is 4. The van der Waals surface area contributed by atoms with Gasteiger partial charge in [0.05, 0.1) is 24.8 Å². The van der Waals surface area contributed by atoms with Gasteiger partial charge < -0.3 is 10.1 Å². The summed E-state index contributed by atoms with van der Waals surface area (Å²) in [4.78, 5) is 27.2. The molecule has 0 unspecified atom stereocenters. The van der Waals surface area contributed by atoms with Gasteiger partial charge in [-0.25, -0.2) is 4.39 Å². The van der Waals surface area contributed by atoms with Crippen molar-refractivity contribution < 1.29 is 18.7 Å². The minimum Gasteiger partial charge on any atom is -0.377 e. The van der Waals surface area contributed by atoms with E-state index in [-0.39, 0.29) is 30.5 Å². The lowest BCUT2D eigenvalue weighted by molar-refractivity contribution is -0.137. The van der Waals surface area contributed by atoms with Gasteiger partial charge in [-0.1, -0.05) is 24.3 Å². The first kappa shape index (κ1) is 19.8. The van der Waals surface area contributed by atoms with Crippen LogP contribution in [0.2, 0.25) is 0 Å².